The molecule has 1 atom stereocenters. The van der Waals surface area contributed by atoms with E-state index in [1.165, 1.54) is 0 Å². The van der Waals surface area contributed by atoms with Crippen LogP contribution < -0.4 is 15.0 Å². The lowest BCUT2D eigenvalue weighted by Crippen LogP contribution is -2.38. The number of aromatic nitrogens is 2. The Balaban J connectivity index is 1.45. The van der Waals surface area contributed by atoms with Crippen LogP contribution in [-0.4, -0.2) is 49.3 Å². The van der Waals surface area contributed by atoms with Gasteiger partial charge in [-0.1, -0.05) is 6.07 Å². The second-order valence-corrected chi connectivity index (χ2v) is 7.37. The van der Waals surface area contributed by atoms with Crippen LogP contribution in [0.2, 0.25) is 0 Å². The fourth-order valence-electron chi connectivity index (χ4n) is 3.79. The van der Waals surface area contributed by atoms with E-state index in [-0.39, 0.29) is 11.8 Å². The summed E-state index contributed by atoms with van der Waals surface area (Å²) in [7, 11) is 1.61. The number of rotatable bonds is 4. The van der Waals surface area contributed by atoms with Gasteiger partial charge in [0.05, 0.1) is 26.0 Å². The molecule has 148 valence electrons. The molecule has 1 amide bonds. The first-order valence-electron chi connectivity index (χ1n) is 9.77. The summed E-state index contributed by atoms with van der Waals surface area (Å²) in [6.07, 6.45) is 4.13. The summed E-state index contributed by atoms with van der Waals surface area (Å²) >= 11 is 0. The molecule has 28 heavy (non-hydrogen) atoms. The highest BCUT2D eigenvalue weighted by molar-refractivity contribution is 5.94. The third kappa shape index (κ3) is 3.94. The minimum Gasteiger partial charge on any atom is -0.495 e. The van der Waals surface area contributed by atoms with Crippen molar-refractivity contribution in [1.29, 1.82) is 0 Å². The summed E-state index contributed by atoms with van der Waals surface area (Å²) in [6.45, 7) is 5.07. The third-order valence-electron chi connectivity index (χ3n) is 5.41. The van der Waals surface area contributed by atoms with Crippen LogP contribution in [0.4, 0.5) is 11.6 Å². The molecule has 1 N–H and O–H groups in total. The van der Waals surface area contributed by atoms with E-state index in [1.54, 1.807) is 7.11 Å². The van der Waals surface area contributed by atoms with Gasteiger partial charge in [-0.15, -0.1) is 0 Å². The lowest BCUT2D eigenvalue weighted by molar-refractivity contribution is -0.120. The predicted molar refractivity (Wildman–Crippen MR) is 107 cm³/mol. The smallest absolute Gasteiger partial charge is 0.227 e. The molecule has 4 rings (SSSR count). The number of hydrogen-bond acceptors (Lipinski definition) is 6. The largest absolute Gasteiger partial charge is 0.495 e. The van der Waals surface area contributed by atoms with E-state index in [1.807, 2.05) is 31.3 Å². The van der Waals surface area contributed by atoms with E-state index in [4.69, 9.17) is 14.5 Å². The van der Waals surface area contributed by atoms with E-state index in [0.29, 0.717) is 25.4 Å². The highest BCUT2D eigenvalue weighted by Crippen LogP contribution is 2.29. The molecule has 1 aliphatic heterocycles. The molecule has 0 radical (unpaired) electrons. The van der Waals surface area contributed by atoms with Gasteiger partial charge < -0.3 is 19.7 Å². The first-order valence-corrected chi connectivity index (χ1v) is 9.77. The van der Waals surface area contributed by atoms with Crippen LogP contribution in [0.1, 0.15) is 23.2 Å². The summed E-state index contributed by atoms with van der Waals surface area (Å²) in [5.41, 5.74) is 3.93. The lowest BCUT2D eigenvalue weighted by Gasteiger charge is -2.29. The van der Waals surface area contributed by atoms with Gasteiger partial charge >= 0.3 is 0 Å². The molecule has 0 unspecified atom stereocenters. The maximum atomic E-state index is 12.8. The molecule has 2 aliphatic rings. The minimum atomic E-state index is -0.0874. The first-order chi connectivity index (χ1) is 13.6. The van der Waals surface area contributed by atoms with Crippen LogP contribution in [0.5, 0.6) is 5.75 Å². The second kappa shape index (κ2) is 8.14. The van der Waals surface area contributed by atoms with Crippen molar-refractivity contribution in [3.05, 3.63) is 41.2 Å². The Kier molecular flexibility index (Phi) is 5.43. The molecule has 2 heterocycles. The van der Waals surface area contributed by atoms with Gasteiger partial charge in [-0.2, -0.15) is 0 Å². The van der Waals surface area contributed by atoms with Crippen molar-refractivity contribution >= 4 is 17.5 Å². The molecule has 1 aliphatic carbocycles. The number of anilines is 2. The number of ether oxygens (including phenoxy) is 2. The van der Waals surface area contributed by atoms with Gasteiger partial charge in [0, 0.05) is 30.9 Å². The number of hydrogen-bond donors (Lipinski definition) is 1. The standard InChI is InChI=1S/C21H26N4O3/c1-14-3-6-19(27-2)18(11-14)23-20(26)15-4-5-17-16(12-15)13-22-21(24-17)25-7-9-28-10-8-25/h3,6,11,13,15H,4-5,7-10,12H2,1-2H3,(H,23,26)/t15-/m0/s1. The van der Waals surface area contributed by atoms with Crippen molar-refractivity contribution in [2.75, 3.05) is 43.6 Å². The van der Waals surface area contributed by atoms with Crippen LogP contribution >= 0.6 is 0 Å². The number of carbonyl (C=O) groups excluding carboxylic acids is 1. The van der Waals surface area contributed by atoms with Crippen molar-refractivity contribution in [3.63, 3.8) is 0 Å². The van der Waals surface area contributed by atoms with Gasteiger partial charge in [-0.25, -0.2) is 9.97 Å². The zero-order chi connectivity index (χ0) is 19.5. The Hall–Kier alpha value is -2.67. The molecule has 0 bridgehead atoms. The van der Waals surface area contributed by atoms with Crippen molar-refractivity contribution in [2.45, 2.75) is 26.2 Å². The summed E-state index contributed by atoms with van der Waals surface area (Å²) in [6, 6.07) is 5.78. The molecule has 7 nitrogen and oxygen atoms in total. The summed E-state index contributed by atoms with van der Waals surface area (Å²) in [5, 5.41) is 3.04. The van der Waals surface area contributed by atoms with Crippen LogP contribution in [0.3, 0.4) is 0 Å². The number of amides is 1. The van der Waals surface area contributed by atoms with Crippen LogP contribution in [-0.2, 0) is 22.4 Å². The number of nitrogens with one attached hydrogen (secondary N) is 1. The SMILES string of the molecule is COc1ccc(C)cc1NC(=O)[C@H]1CCc2nc(N3CCOCC3)ncc2C1. The fraction of sp³-hybridized carbons (Fsp3) is 0.476. The Morgan fingerprint density at radius 1 is 1.32 bits per heavy atom. The molecule has 7 heteroatoms. The van der Waals surface area contributed by atoms with Gasteiger partial charge in [0.15, 0.2) is 0 Å². The Labute approximate surface area is 165 Å². The van der Waals surface area contributed by atoms with Crippen LogP contribution in [0.15, 0.2) is 24.4 Å². The first kappa shape index (κ1) is 18.7. The highest BCUT2D eigenvalue weighted by atomic mass is 16.5. The van der Waals surface area contributed by atoms with Crippen LogP contribution in [0.25, 0.3) is 0 Å². The van der Waals surface area contributed by atoms with Crippen molar-refractivity contribution in [3.8, 4) is 5.75 Å². The Bertz CT molecular complexity index is 865. The highest BCUT2D eigenvalue weighted by Gasteiger charge is 2.27. The number of fused-ring (bicyclic) bond motifs is 1. The van der Waals surface area contributed by atoms with Crippen LogP contribution in [0, 0.1) is 12.8 Å². The zero-order valence-electron chi connectivity index (χ0n) is 16.4. The number of nitrogens with zero attached hydrogens (tertiary/aromatic N) is 3. The molecule has 1 fully saturated rings. The normalized spacial score (nSPS) is 19.1. The lowest BCUT2D eigenvalue weighted by atomic mass is 9.86. The minimum absolute atomic E-state index is 0.0202. The van der Waals surface area contributed by atoms with Gasteiger partial charge in [0.1, 0.15) is 5.75 Å². The molecule has 1 aromatic heterocycles. The average Bonchev–Trinajstić information content (AvgIpc) is 2.74. The van der Waals surface area contributed by atoms with E-state index in [9.17, 15) is 4.79 Å². The Morgan fingerprint density at radius 2 is 2.14 bits per heavy atom. The van der Waals surface area contributed by atoms with Gasteiger partial charge in [0.25, 0.3) is 0 Å². The molecular formula is C21H26N4O3. The van der Waals surface area contributed by atoms with Crippen molar-refractivity contribution < 1.29 is 14.3 Å². The maximum Gasteiger partial charge on any atom is 0.227 e. The fourth-order valence-corrected chi connectivity index (χ4v) is 3.79. The summed E-state index contributed by atoms with van der Waals surface area (Å²) in [4.78, 5) is 24.3. The monoisotopic (exact) mass is 382 g/mol. The third-order valence-corrected chi connectivity index (χ3v) is 5.41. The van der Waals surface area contributed by atoms with E-state index in [0.717, 1.165) is 54.4 Å². The topological polar surface area (TPSA) is 76.6 Å². The number of morpholine rings is 1. The predicted octanol–water partition coefficient (Wildman–Crippen LogP) is 2.37. The van der Waals surface area contributed by atoms with Gasteiger partial charge in [-0.05, 0) is 49.4 Å². The molecule has 0 saturated carbocycles. The summed E-state index contributed by atoms with van der Waals surface area (Å²) in [5.74, 6) is 1.38. The zero-order valence-corrected chi connectivity index (χ0v) is 16.4. The number of benzene rings is 1. The van der Waals surface area contributed by atoms with E-state index in [2.05, 4.69) is 15.2 Å². The second-order valence-electron chi connectivity index (χ2n) is 7.37. The quantitative estimate of drug-likeness (QED) is 0.875. The van der Waals surface area contributed by atoms with E-state index < -0.39 is 0 Å². The maximum absolute atomic E-state index is 12.8. The van der Waals surface area contributed by atoms with Crippen molar-refractivity contribution in [2.24, 2.45) is 5.92 Å². The number of aryl methyl sites for hydroxylation is 2. The van der Waals surface area contributed by atoms with E-state index >= 15 is 0 Å². The molecule has 1 saturated heterocycles. The van der Waals surface area contributed by atoms with Gasteiger partial charge in [0.2, 0.25) is 11.9 Å². The Morgan fingerprint density at radius 3 is 2.93 bits per heavy atom. The van der Waals surface area contributed by atoms with Gasteiger partial charge in [-0.3, -0.25) is 4.79 Å². The average molecular weight is 382 g/mol. The molecule has 1 aromatic carbocycles. The number of methoxy groups -OCH3 is 1. The molecular weight excluding hydrogens is 356 g/mol. The number of carbonyl (C=O) groups is 1. The molecule has 2 aromatic rings. The summed E-state index contributed by atoms with van der Waals surface area (Å²) < 4.78 is 10.8. The molecule has 0 spiro atoms. The van der Waals surface area contributed by atoms with Crippen molar-refractivity contribution in [1.82, 2.24) is 9.97 Å².